The molecular formula is C55H37IrN6. The Morgan fingerprint density at radius 3 is 1.71 bits per heavy atom. The summed E-state index contributed by atoms with van der Waals surface area (Å²) in [4.78, 5) is 24.1. The quantitative estimate of drug-likeness (QED) is 0.101. The zero-order valence-corrected chi connectivity index (χ0v) is 35.2. The molecule has 5 heterocycles. The van der Waals surface area contributed by atoms with E-state index in [2.05, 4.69) is 28.2 Å². The molecule has 0 spiro atoms. The van der Waals surface area contributed by atoms with Crippen molar-refractivity contribution in [2.24, 2.45) is 0 Å². The van der Waals surface area contributed by atoms with Gasteiger partial charge in [0, 0.05) is 40.6 Å². The van der Waals surface area contributed by atoms with Crippen molar-refractivity contribution in [2.45, 2.75) is 25.5 Å². The fraction of sp³-hybridized carbons (Fsp3) is 0.0727. The summed E-state index contributed by atoms with van der Waals surface area (Å²) in [5.74, 6) is 0. The molecule has 0 aliphatic heterocycles. The predicted molar refractivity (Wildman–Crippen MR) is 245 cm³/mol. The van der Waals surface area contributed by atoms with Gasteiger partial charge in [0.15, 0.2) is 0 Å². The standard InChI is InChI=1S/C55H37N6.Ir/c1-3-13-41(14-4-1)47-29-27-37(34-56-47)23-25-39-31-40(26-24-38-28-30-48(57-35-38)42-15-5-2-6-16-42)33-43(32-39)44-17-7-8-18-45(44)50-36-58-53-46-19-9-11-21-51(46)61-52-22-12-10-20-49(52)60-55(61)54(53)59-50;/h1-13,15,17-18,20-22,27-36H,23-26H2;/q-3;+3/i23D2,24D2,25D2,26D2;. The minimum Gasteiger partial charge on any atom is -0.334 e. The van der Waals surface area contributed by atoms with Gasteiger partial charge in [-0.25, -0.2) is 4.98 Å². The first-order chi connectivity index (χ1) is 33.2. The second-order valence-electron chi connectivity index (χ2n) is 14.4. The number of para-hydroxylation sites is 2. The summed E-state index contributed by atoms with van der Waals surface area (Å²) in [5.41, 5.74) is 7.93. The number of nitrogens with zero attached hydrogens (tertiary/aromatic N) is 6. The van der Waals surface area contributed by atoms with Crippen LogP contribution < -0.4 is 0 Å². The molecule has 0 atom stereocenters. The first-order valence-electron chi connectivity index (χ1n) is 23.7. The van der Waals surface area contributed by atoms with Crippen molar-refractivity contribution in [2.75, 3.05) is 0 Å². The van der Waals surface area contributed by atoms with Gasteiger partial charge in [0.25, 0.3) is 0 Å². The molecule has 5 aromatic heterocycles. The summed E-state index contributed by atoms with van der Waals surface area (Å²) in [6.07, 6.45) is -6.86. The van der Waals surface area contributed by atoms with Crippen molar-refractivity contribution in [1.29, 1.82) is 0 Å². The van der Waals surface area contributed by atoms with Gasteiger partial charge in [-0.2, -0.15) is 0 Å². The van der Waals surface area contributed by atoms with E-state index in [0.717, 1.165) is 21.9 Å². The number of aromatic nitrogens is 6. The van der Waals surface area contributed by atoms with Gasteiger partial charge in [-0.15, -0.1) is 96.1 Å². The van der Waals surface area contributed by atoms with Crippen LogP contribution in [-0.4, -0.2) is 29.3 Å². The van der Waals surface area contributed by atoms with E-state index in [1.165, 1.54) is 42.7 Å². The van der Waals surface area contributed by atoms with Crippen molar-refractivity contribution in [3.63, 3.8) is 0 Å². The van der Waals surface area contributed by atoms with Crippen molar-refractivity contribution in [3.05, 3.63) is 217 Å². The van der Waals surface area contributed by atoms with Gasteiger partial charge >= 0.3 is 20.1 Å². The number of hydrogen-bond acceptors (Lipinski definition) is 5. The molecule has 0 amide bonds. The molecule has 0 aliphatic carbocycles. The molecule has 62 heavy (non-hydrogen) atoms. The summed E-state index contributed by atoms with van der Waals surface area (Å²) in [6, 6.07) is 55.2. The molecule has 0 bridgehead atoms. The van der Waals surface area contributed by atoms with Gasteiger partial charge in [0.1, 0.15) is 5.65 Å². The van der Waals surface area contributed by atoms with Crippen LogP contribution in [0.3, 0.4) is 0 Å². The van der Waals surface area contributed by atoms with Crippen LogP contribution in [0.5, 0.6) is 0 Å². The smallest absolute Gasteiger partial charge is 0.334 e. The van der Waals surface area contributed by atoms with Crippen LogP contribution in [0, 0.1) is 18.2 Å². The summed E-state index contributed by atoms with van der Waals surface area (Å²) < 4.78 is 78.0. The Kier molecular flexibility index (Phi) is 8.47. The maximum absolute atomic E-state index is 9.60. The molecule has 0 saturated heterocycles. The zero-order chi connectivity index (χ0) is 47.7. The molecule has 0 aliphatic rings. The first-order valence-corrected chi connectivity index (χ1v) is 19.7. The van der Waals surface area contributed by atoms with E-state index < -0.39 is 25.5 Å². The van der Waals surface area contributed by atoms with Crippen LogP contribution in [0.2, 0.25) is 0 Å². The van der Waals surface area contributed by atoms with E-state index in [0.29, 0.717) is 61.6 Å². The Labute approximate surface area is 384 Å². The van der Waals surface area contributed by atoms with E-state index in [4.69, 9.17) is 15.0 Å². The fourth-order valence-corrected chi connectivity index (χ4v) is 7.62. The van der Waals surface area contributed by atoms with E-state index in [1.807, 2.05) is 95.4 Å². The number of pyridine rings is 3. The minimum atomic E-state index is -2.83. The second kappa shape index (κ2) is 17.1. The number of benzene rings is 6. The van der Waals surface area contributed by atoms with E-state index in [-0.39, 0.29) is 42.4 Å². The van der Waals surface area contributed by atoms with Gasteiger partial charge in [0.05, 0.1) is 22.2 Å². The summed E-state index contributed by atoms with van der Waals surface area (Å²) in [5, 5.41) is 0.757. The Bertz CT molecular complexity index is 3620. The van der Waals surface area contributed by atoms with Crippen LogP contribution >= 0.6 is 0 Å². The maximum atomic E-state index is 9.60. The third-order valence-electron chi connectivity index (χ3n) is 10.5. The minimum absolute atomic E-state index is 0. The van der Waals surface area contributed by atoms with Crippen LogP contribution in [0.25, 0.3) is 83.5 Å². The molecule has 0 radical (unpaired) electrons. The predicted octanol–water partition coefficient (Wildman–Crippen LogP) is 12.0. The van der Waals surface area contributed by atoms with Gasteiger partial charge in [-0.05, 0) is 87.9 Å². The molecule has 0 unspecified atom stereocenters. The van der Waals surface area contributed by atoms with E-state index in [9.17, 15) is 11.0 Å². The van der Waals surface area contributed by atoms with Gasteiger partial charge in [-0.1, -0.05) is 84.2 Å². The number of aryl methyl sites for hydroxylation is 4. The molecular weight excluding hydrogens is 937 g/mol. The average molecular weight is 982 g/mol. The molecule has 11 aromatic rings. The average Bonchev–Trinajstić information content (AvgIpc) is 3.79. The number of hydrogen-bond donors (Lipinski definition) is 0. The van der Waals surface area contributed by atoms with Crippen molar-refractivity contribution in [1.82, 2.24) is 29.3 Å². The third-order valence-corrected chi connectivity index (χ3v) is 10.5. The number of imidazole rings is 1. The number of fused-ring (bicyclic) bond motifs is 8. The topological polar surface area (TPSA) is 68.9 Å². The molecule has 0 N–H and O–H groups in total. The Morgan fingerprint density at radius 2 is 1.06 bits per heavy atom. The molecule has 7 heteroatoms. The first kappa shape index (κ1) is 30.8. The van der Waals surface area contributed by atoms with Crippen LogP contribution in [0.4, 0.5) is 0 Å². The van der Waals surface area contributed by atoms with Crippen molar-refractivity contribution >= 4 is 38.6 Å². The molecule has 296 valence electrons. The fourth-order valence-electron chi connectivity index (χ4n) is 7.62. The van der Waals surface area contributed by atoms with Crippen LogP contribution in [-0.2, 0) is 45.6 Å². The van der Waals surface area contributed by atoms with Crippen LogP contribution in [0.1, 0.15) is 33.2 Å². The Balaban J connectivity index is 0.00000567. The summed E-state index contributed by atoms with van der Waals surface area (Å²) >= 11 is 0. The second-order valence-corrected chi connectivity index (χ2v) is 14.4. The zero-order valence-electron chi connectivity index (χ0n) is 40.8. The molecule has 6 nitrogen and oxygen atoms in total. The normalized spacial score (nSPS) is 14.2. The maximum Gasteiger partial charge on any atom is 3.00 e. The third kappa shape index (κ3) is 7.58. The van der Waals surface area contributed by atoms with E-state index >= 15 is 0 Å². The Morgan fingerprint density at radius 1 is 0.468 bits per heavy atom. The van der Waals surface area contributed by atoms with Gasteiger partial charge < -0.3 is 19.4 Å². The van der Waals surface area contributed by atoms with Crippen molar-refractivity contribution < 1.29 is 31.1 Å². The SMILES string of the molecule is [2H]C([2H])(c1ccc(-c2[c-]cccc2)nc1)C([2H])([2H])c1cc(-c2ccccc2-c2cnc3c4[c-]cccc4n4c5ccccc5nc4c3n2)cc(C([2H])([2H])C([2H])([2H])c2ccc(-c3[c-]cccc3)nc2)c1.[Ir+3]. The van der Waals surface area contributed by atoms with Gasteiger partial charge in [-0.3, -0.25) is 4.98 Å². The van der Waals surface area contributed by atoms with E-state index in [1.54, 1.807) is 42.6 Å². The largest absolute Gasteiger partial charge is 3.00 e. The summed E-state index contributed by atoms with van der Waals surface area (Å²) in [7, 11) is 0. The van der Waals surface area contributed by atoms with Gasteiger partial charge in [0.2, 0.25) is 0 Å². The molecule has 6 aromatic carbocycles. The monoisotopic (exact) mass is 982 g/mol. The molecule has 0 saturated carbocycles. The van der Waals surface area contributed by atoms with Crippen molar-refractivity contribution in [3.8, 4) is 44.9 Å². The van der Waals surface area contributed by atoms with Crippen LogP contribution in [0.15, 0.2) is 176 Å². The molecule has 11 rings (SSSR count). The number of rotatable bonds is 10. The Hall–Kier alpha value is -7.18. The molecule has 0 fully saturated rings. The summed E-state index contributed by atoms with van der Waals surface area (Å²) in [6.45, 7) is 0.